The van der Waals surface area contributed by atoms with Crippen molar-refractivity contribution in [2.75, 3.05) is 39.6 Å². The lowest BCUT2D eigenvalue weighted by Gasteiger charge is -2.38. The van der Waals surface area contributed by atoms with E-state index in [4.69, 9.17) is 18.6 Å². The van der Waals surface area contributed by atoms with Crippen LogP contribution in [0.25, 0.3) is 10.9 Å². The van der Waals surface area contributed by atoms with Crippen LogP contribution in [-0.4, -0.2) is 80.7 Å². The number of benzene rings is 1. The summed E-state index contributed by atoms with van der Waals surface area (Å²) in [7, 11) is 0. The number of rotatable bonds is 7. The molecular formula is C26H29N7O5. The van der Waals surface area contributed by atoms with Crippen molar-refractivity contribution in [1.29, 1.82) is 0 Å². The lowest BCUT2D eigenvalue weighted by molar-refractivity contribution is 0.0825. The predicted octanol–water partition coefficient (Wildman–Crippen LogP) is 1.92. The first kappa shape index (κ1) is 23.4. The minimum Gasteiger partial charge on any atom is -0.468 e. The van der Waals surface area contributed by atoms with E-state index in [0.29, 0.717) is 34.9 Å². The van der Waals surface area contributed by atoms with E-state index in [1.807, 2.05) is 30.3 Å². The molecule has 0 spiro atoms. The number of H-pyrrole nitrogens is 1. The molecule has 1 N–H and O–H groups in total. The minimum absolute atomic E-state index is 0.0673. The highest BCUT2D eigenvalue weighted by Gasteiger charge is 2.34. The van der Waals surface area contributed by atoms with Crippen molar-refractivity contribution in [2.24, 2.45) is 0 Å². The van der Waals surface area contributed by atoms with E-state index in [0.717, 1.165) is 63.3 Å². The molecule has 3 aliphatic heterocycles. The Morgan fingerprint density at radius 2 is 1.97 bits per heavy atom. The molecule has 2 fully saturated rings. The molecule has 3 aliphatic rings. The van der Waals surface area contributed by atoms with Gasteiger partial charge in [0.05, 0.1) is 31.0 Å². The molecule has 0 radical (unpaired) electrons. The van der Waals surface area contributed by atoms with Gasteiger partial charge in [-0.15, -0.1) is 5.10 Å². The van der Waals surface area contributed by atoms with Gasteiger partial charge < -0.3 is 23.6 Å². The van der Waals surface area contributed by atoms with Gasteiger partial charge in [0.25, 0.3) is 5.56 Å². The molecule has 2 atom stereocenters. The van der Waals surface area contributed by atoms with Crippen LogP contribution in [0.2, 0.25) is 0 Å². The molecular weight excluding hydrogens is 490 g/mol. The van der Waals surface area contributed by atoms with Crippen LogP contribution in [0.15, 0.2) is 45.8 Å². The Morgan fingerprint density at radius 1 is 1.11 bits per heavy atom. The predicted molar refractivity (Wildman–Crippen MR) is 135 cm³/mol. The maximum atomic E-state index is 13.6. The highest BCUT2D eigenvalue weighted by atomic mass is 16.7. The first-order valence-corrected chi connectivity index (χ1v) is 13.0. The van der Waals surface area contributed by atoms with Crippen LogP contribution >= 0.6 is 0 Å². The molecule has 198 valence electrons. The maximum absolute atomic E-state index is 13.6. The summed E-state index contributed by atoms with van der Waals surface area (Å²) in [6.07, 6.45) is 3.77. The van der Waals surface area contributed by atoms with Crippen LogP contribution < -0.4 is 15.0 Å². The molecule has 38 heavy (non-hydrogen) atoms. The van der Waals surface area contributed by atoms with Crippen molar-refractivity contribution in [3.8, 4) is 11.5 Å². The van der Waals surface area contributed by atoms with Crippen molar-refractivity contribution >= 4 is 10.9 Å². The van der Waals surface area contributed by atoms with Gasteiger partial charge in [-0.2, -0.15) is 0 Å². The van der Waals surface area contributed by atoms with Crippen molar-refractivity contribution in [2.45, 2.75) is 38.1 Å². The Labute approximate surface area is 218 Å². The Balaban J connectivity index is 1.24. The van der Waals surface area contributed by atoms with Crippen LogP contribution in [0.1, 0.15) is 36.0 Å². The van der Waals surface area contributed by atoms with Gasteiger partial charge in [-0.25, -0.2) is 4.68 Å². The summed E-state index contributed by atoms with van der Waals surface area (Å²) >= 11 is 0. The summed E-state index contributed by atoms with van der Waals surface area (Å²) in [5.74, 6) is 2.89. The van der Waals surface area contributed by atoms with Crippen molar-refractivity contribution < 1.29 is 18.6 Å². The van der Waals surface area contributed by atoms with E-state index >= 15 is 0 Å². The molecule has 6 heterocycles. The lowest BCUT2D eigenvalue weighted by Crippen LogP contribution is -2.48. The highest BCUT2D eigenvalue weighted by Crippen LogP contribution is 2.36. The molecule has 3 aromatic heterocycles. The maximum Gasteiger partial charge on any atom is 0.253 e. The number of aromatic nitrogens is 5. The average molecular weight is 520 g/mol. The molecule has 0 saturated carbocycles. The Kier molecular flexibility index (Phi) is 6.06. The Morgan fingerprint density at radius 3 is 2.76 bits per heavy atom. The van der Waals surface area contributed by atoms with Gasteiger partial charge in [0.1, 0.15) is 11.8 Å². The fourth-order valence-corrected chi connectivity index (χ4v) is 5.64. The highest BCUT2D eigenvalue weighted by molar-refractivity contribution is 5.83. The molecule has 0 bridgehead atoms. The van der Waals surface area contributed by atoms with Gasteiger partial charge in [-0.3, -0.25) is 14.6 Å². The minimum atomic E-state index is -0.421. The van der Waals surface area contributed by atoms with E-state index in [-0.39, 0.29) is 18.5 Å². The second-order valence-corrected chi connectivity index (χ2v) is 9.99. The smallest absolute Gasteiger partial charge is 0.253 e. The second kappa shape index (κ2) is 9.86. The fraction of sp³-hybridized carbons (Fsp3) is 0.462. The quantitative estimate of drug-likeness (QED) is 0.387. The second-order valence-electron chi connectivity index (χ2n) is 9.99. The molecule has 4 aromatic rings. The van der Waals surface area contributed by atoms with E-state index < -0.39 is 6.04 Å². The average Bonchev–Trinajstić information content (AvgIpc) is 3.74. The number of aromatic amines is 1. The SMILES string of the molecule is O=c1[nH]c2cc3c(cc2cc1C(c1nnnn1CC1CCCO1)N1CCN(Cc2ccco2)CC1)OCO3. The number of furan rings is 1. The summed E-state index contributed by atoms with van der Waals surface area (Å²) in [5, 5.41) is 13.6. The standard InChI is InChI=1S/C26H29N7O5/c34-26-20(11-17-12-22-23(38-16-37-22)13-21(17)27-26)24(25-28-29-30-33(25)15-19-4-2-10-36-19)32-7-5-31(6-8-32)14-18-3-1-9-35-18/h1,3,9,11-13,19,24H,2,4-8,10,14-16H2,(H,27,34). The molecule has 0 aliphatic carbocycles. The molecule has 0 amide bonds. The summed E-state index contributed by atoms with van der Waals surface area (Å²) < 4.78 is 24.3. The number of hydrogen-bond acceptors (Lipinski definition) is 10. The van der Waals surface area contributed by atoms with Crippen molar-refractivity contribution in [3.05, 3.63) is 64.1 Å². The molecule has 12 heteroatoms. The number of tetrazole rings is 1. The zero-order valence-corrected chi connectivity index (χ0v) is 20.9. The summed E-state index contributed by atoms with van der Waals surface area (Å²) in [4.78, 5) is 21.3. The van der Waals surface area contributed by atoms with Crippen LogP contribution in [0.3, 0.4) is 0 Å². The van der Waals surface area contributed by atoms with Gasteiger partial charge in [0, 0.05) is 49.8 Å². The van der Waals surface area contributed by atoms with Gasteiger partial charge >= 0.3 is 0 Å². The lowest BCUT2D eigenvalue weighted by atomic mass is 10.0. The van der Waals surface area contributed by atoms with Crippen LogP contribution in [-0.2, 0) is 17.8 Å². The number of nitrogens with one attached hydrogen (secondary N) is 1. The number of pyridine rings is 1. The van der Waals surface area contributed by atoms with Gasteiger partial charge in [-0.05, 0) is 47.5 Å². The van der Waals surface area contributed by atoms with E-state index in [2.05, 4.69) is 30.3 Å². The van der Waals surface area contributed by atoms with Gasteiger partial charge in [0.15, 0.2) is 17.3 Å². The first-order valence-electron chi connectivity index (χ1n) is 13.0. The molecule has 12 nitrogen and oxygen atoms in total. The fourth-order valence-electron chi connectivity index (χ4n) is 5.64. The zero-order valence-electron chi connectivity index (χ0n) is 20.9. The molecule has 7 rings (SSSR count). The third kappa shape index (κ3) is 4.44. The largest absolute Gasteiger partial charge is 0.468 e. The van der Waals surface area contributed by atoms with Crippen LogP contribution in [0, 0.1) is 0 Å². The van der Waals surface area contributed by atoms with E-state index in [9.17, 15) is 4.79 Å². The summed E-state index contributed by atoms with van der Waals surface area (Å²) in [6, 6.07) is 9.14. The topological polar surface area (TPSA) is 124 Å². The van der Waals surface area contributed by atoms with Crippen molar-refractivity contribution in [3.63, 3.8) is 0 Å². The number of piperazine rings is 1. The number of hydrogen-bond donors (Lipinski definition) is 1. The van der Waals surface area contributed by atoms with Crippen LogP contribution in [0.5, 0.6) is 11.5 Å². The number of ether oxygens (including phenoxy) is 3. The molecule has 2 saturated heterocycles. The van der Waals surface area contributed by atoms with Crippen LogP contribution in [0.4, 0.5) is 0 Å². The van der Waals surface area contributed by atoms with Crippen molar-refractivity contribution in [1.82, 2.24) is 35.0 Å². The zero-order chi connectivity index (χ0) is 25.5. The Bertz CT molecular complexity index is 1470. The molecule has 1 aromatic carbocycles. The van der Waals surface area contributed by atoms with E-state index in [1.54, 1.807) is 10.9 Å². The Hall–Kier alpha value is -3.74. The van der Waals surface area contributed by atoms with Gasteiger partial charge in [0.2, 0.25) is 6.79 Å². The number of nitrogens with zero attached hydrogens (tertiary/aromatic N) is 6. The van der Waals surface area contributed by atoms with Gasteiger partial charge in [-0.1, -0.05) is 0 Å². The number of fused-ring (bicyclic) bond motifs is 2. The summed E-state index contributed by atoms with van der Waals surface area (Å²) in [5.41, 5.74) is 1.12. The normalized spacial score (nSPS) is 20.9. The third-order valence-corrected chi connectivity index (χ3v) is 7.60. The first-order chi connectivity index (χ1) is 18.7. The third-order valence-electron chi connectivity index (χ3n) is 7.60. The monoisotopic (exact) mass is 519 g/mol. The summed E-state index contributed by atoms with van der Waals surface area (Å²) in [6.45, 7) is 5.39. The van der Waals surface area contributed by atoms with E-state index in [1.165, 1.54) is 0 Å². The molecule has 2 unspecified atom stereocenters.